The molecule has 1 aromatic carbocycles. The Morgan fingerprint density at radius 2 is 2.12 bits per heavy atom. The van der Waals surface area contributed by atoms with Crippen LogP contribution in [0.15, 0.2) is 18.2 Å². The number of benzene rings is 1. The number of aryl methyl sites for hydroxylation is 1. The molecule has 0 bridgehead atoms. The second kappa shape index (κ2) is 3.33. The molecule has 1 unspecified atom stereocenters. The first-order valence-corrected chi connectivity index (χ1v) is 6.08. The van der Waals surface area contributed by atoms with Crippen LogP contribution in [0.1, 0.15) is 31.0 Å². The number of nitrogens with two attached hydrogens (primary N) is 1. The molecule has 3 N–H and O–H groups in total. The standard InChI is InChI=1S/C14H17FN2/c1-8-7-10-12(17-8)4-3-11(13(10)15)14(5-6-14)9(2)16/h3-4,7,9,17H,5-6,16H2,1-2H3. The van der Waals surface area contributed by atoms with E-state index in [0.717, 1.165) is 29.6 Å². The number of aromatic nitrogens is 1. The first kappa shape index (κ1) is 10.8. The van der Waals surface area contributed by atoms with E-state index in [1.54, 1.807) is 0 Å². The summed E-state index contributed by atoms with van der Waals surface area (Å²) in [5, 5.41) is 0.687. The lowest BCUT2D eigenvalue weighted by molar-refractivity contribution is 0.517. The lowest BCUT2D eigenvalue weighted by Gasteiger charge is -2.20. The Bertz CT molecular complexity index is 579. The maximum atomic E-state index is 14.5. The molecule has 3 heteroatoms. The molecule has 0 aliphatic heterocycles. The average Bonchev–Trinajstić information content (AvgIpc) is 2.97. The maximum Gasteiger partial charge on any atom is 0.136 e. The fourth-order valence-electron chi connectivity index (χ4n) is 2.80. The molecule has 0 saturated heterocycles. The highest BCUT2D eigenvalue weighted by atomic mass is 19.1. The molecule has 1 saturated carbocycles. The number of hydrogen-bond donors (Lipinski definition) is 2. The van der Waals surface area contributed by atoms with Crippen molar-refractivity contribution in [2.75, 3.05) is 0 Å². The zero-order chi connectivity index (χ0) is 12.2. The van der Waals surface area contributed by atoms with Crippen LogP contribution in [0.4, 0.5) is 4.39 Å². The highest BCUT2D eigenvalue weighted by Gasteiger charge is 2.49. The molecular formula is C14H17FN2. The van der Waals surface area contributed by atoms with Gasteiger partial charge in [0.15, 0.2) is 0 Å². The largest absolute Gasteiger partial charge is 0.359 e. The average molecular weight is 232 g/mol. The van der Waals surface area contributed by atoms with E-state index in [-0.39, 0.29) is 17.3 Å². The van der Waals surface area contributed by atoms with Crippen molar-refractivity contribution in [2.24, 2.45) is 5.73 Å². The number of rotatable bonds is 2. The predicted molar refractivity (Wildman–Crippen MR) is 67.6 cm³/mol. The Morgan fingerprint density at radius 3 is 2.71 bits per heavy atom. The third kappa shape index (κ3) is 1.42. The zero-order valence-corrected chi connectivity index (χ0v) is 10.2. The number of halogens is 1. The molecule has 1 atom stereocenters. The van der Waals surface area contributed by atoms with E-state index in [0.29, 0.717) is 5.39 Å². The minimum absolute atomic E-state index is 0.00879. The van der Waals surface area contributed by atoms with Gasteiger partial charge in [-0.1, -0.05) is 6.07 Å². The molecule has 2 aromatic rings. The topological polar surface area (TPSA) is 41.8 Å². The molecule has 1 fully saturated rings. The highest BCUT2D eigenvalue weighted by Crippen LogP contribution is 2.51. The molecule has 90 valence electrons. The van der Waals surface area contributed by atoms with Crippen molar-refractivity contribution in [3.8, 4) is 0 Å². The van der Waals surface area contributed by atoms with Crippen molar-refractivity contribution in [1.82, 2.24) is 4.98 Å². The third-order valence-corrected chi connectivity index (χ3v) is 4.07. The first-order valence-electron chi connectivity index (χ1n) is 6.08. The first-order chi connectivity index (χ1) is 8.04. The number of H-pyrrole nitrogens is 1. The fraction of sp³-hybridized carbons (Fsp3) is 0.429. The summed E-state index contributed by atoms with van der Waals surface area (Å²) < 4.78 is 14.5. The summed E-state index contributed by atoms with van der Waals surface area (Å²) in [6.07, 6.45) is 1.99. The van der Waals surface area contributed by atoms with E-state index >= 15 is 0 Å². The smallest absolute Gasteiger partial charge is 0.136 e. The summed E-state index contributed by atoms with van der Waals surface area (Å²) in [4.78, 5) is 3.16. The van der Waals surface area contributed by atoms with Crippen LogP contribution in [0.5, 0.6) is 0 Å². The summed E-state index contributed by atoms with van der Waals surface area (Å²) in [7, 11) is 0. The Kier molecular flexibility index (Phi) is 2.11. The Balaban J connectivity index is 2.21. The zero-order valence-electron chi connectivity index (χ0n) is 10.2. The SMILES string of the molecule is Cc1cc2c(F)c(C3(C(C)N)CC3)ccc2[nH]1. The van der Waals surface area contributed by atoms with Crippen LogP contribution in [0.2, 0.25) is 0 Å². The molecule has 1 aromatic heterocycles. The maximum absolute atomic E-state index is 14.5. The van der Waals surface area contributed by atoms with Gasteiger partial charge in [-0.05, 0) is 44.4 Å². The lowest BCUT2D eigenvalue weighted by atomic mass is 9.88. The summed E-state index contributed by atoms with van der Waals surface area (Å²) in [6, 6.07) is 5.73. The van der Waals surface area contributed by atoms with Crippen LogP contribution in [-0.4, -0.2) is 11.0 Å². The number of nitrogens with one attached hydrogen (secondary N) is 1. The summed E-state index contributed by atoms with van der Waals surface area (Å²) in [6.45, 7) is 3.91. The van der Waals surface area contributed by atoms with Crippen LogP contribution in [0.25, 0.3) is 10.9 Å². The quantitative estimate of drug-likeness (QED) is 0.821. The monoisotopic (exact) mass is 232 g/mol. The van der Waals surface area contributed by atoms with Crippen molar-refractivity contribution < 1.29 is 4.39 Å². The molecular weight excluding hydrogens is 215 g/mol. The van der Waals surface area contributed by atoms with Gasteiger partial charge >= 0.3 is 0 Å². The number of aromatic amines is 1. The van der Waals surface area contributed by atoms with Crippen LogP contribution in [0.3, 0.4) is 0 Å². The third-order valence-electron chi connectivity index (χ3n) is 4.07. The normalized spacial score (nSPS) is 19.5. The molecule has 1 aliphatic rings. The van der Waals surface area contributed by atoms with Gasteiger partial charge in [0, 0.05) is 28.1 Å². The van der Waals surface area contributed by atoms with E-state index in [9.17, 15) is 4.39 Å². The van der Waals surface area contributed by atoms with Gasteiger partial charge in [0.2, 0.25) is 0 Å². The van der Waals surface area contributed by atoms with Gasteiger partial charge in [-0.2, -0.15) is 0 Å². The van der Waals surface area contributed by atoms with Gasteiger partial charge < -0.3 is 10.7 Å². The van der Waals surface area contributed by atoms with Gasteiger partial charge in [-0.15, -0.1) is 0 Å². The summed E-state index contributed by atoms with van der Waals surface area (Å²) >= 11 is 0. The van der Waals surface area contributed by atoms with Crippen molar-refractivity contribution in [3.63, 3.8) is 0 Å². The Hall–Kier alpha value is -1.35. The van der Waals surface area contributed by atoms with Gasteiger partial charge in [0.05, 0.1) is 0 Å². The summed E-state index contributed by atoms with van der Waals surface area (Å²) in [5.74, 6) is -0.0957. The Morgan fingerprint density at radius 1 is 1.41 bits per heavy atom. The molecule has 0 radical (unpaired) electrons. The predicted octanol–water partition coefficient (Wildman–Crippen LogP) is 2.99. The lowest BCUT2D eigenvalue weighted by Crippen LogP contribution is -2.32. The molecule has 1 heterocycles. The van der Waals surface area contributed by atoms with Gasteiger partial charge in [0.1, 0.15) is 5.82 Å². The summed E-state index contributed by atoms with van der Waals surface area (Å²) in [5.41, 5.74) is 8.53. The van der Waals surface area contributed by atoms with Crippen molar-refractivity contribution in [1.29, 1.82) is 0 Å². The number of hydrogen-bond acceptors (Lipinski definition) is 1. The molecule has 0 spiro atoms. The van der Waals surface area contributed by atoms with E-state index in [4.69, 9.17) is 5.73 Å². The van der Waals surface area contributed by atoms with Crippen LogP contribution in [0, 0.1) is 12.7 Å². The van der Waals surface area contributed by atoms with E-state index in [1.165, 1.54) is 0 Å². The van der Waals surface area contributed by atoms with Gasteiger partial charge in [-0.3, -0.25) is 0 Å². The van der Waals surface area contributed by atoms with E-state index in [2.05, 4.69) is 4.98 Å². The molecule has 0 amide bonds. The van der Waals surface area contributed by atoms with Crippen LogP contribution >= 0.6 is 0 Å². The minimum atomic E-state index is -0.122. The van der Waals surface area contributed by atoms with Gasteiger partial charge in [-0.25, -0.2) is 4.39 Å². The molecule has 3 rings (SSSR count). The molecule has 17 heavy (non-hydrogen) atoms. The van der Waals surface area contributed by atoms with E-state index < -0.39 is 0 Å². The Labute approximate surface area is 100 Å². The fourth-order valence-corrected chi connectivity index (χ4v) is 2.80. The van der Waals surface area contributed by atoms with Gasteiger partial charge in [0.25, 0.3) is 0 Å². The van der Waals surface area contributed by atoms with Crippen molar-refractivity contribution in [3.05, 3.63) is 35.3 Å². The van der Waals surface area contributed by atoms with Crippen LogP contribution < -0.4 is 5.73 Å². The van der Waals surface area contributed by atoms with Crippen molar-refractivity contribution in [2.45, 2.75) is 38.1 Å². The molecule has 1 aliphatic carbocycles. The molecule has 2 nitrogen and oxygen atoms in total. The van der Waals surface area contributed by atoms with Crippen LogP contribution in [-0.2, 0) is 5.41 Å². The highest BCUT2D eigenvalue weighted by molar-refractivity contribution is 5.82. The second-order valence-electron chi connectivity index (χ2n) is 5.29. The van der Waals surface area contributed by atoms with E-state index in [1.807, 2.05) is 32.0 Å². The minimum Gasteiger partial charge on any atom is -0.359 e. The van der Waals surface area contributed by atoms with Crippen molar-refractivity contribution >= 4 is 10.9 Å². The number of fused-ring (bicyclic) bond motifs is 1. The second-order valence-corrected chi connectivity index (χ2v) is 5.29.